The zero-order valence-electron chi connectivity index (χ0n) is 22.0. The molecule has 0 atom stereocenters. The van der Waals surface area contributed by atoms with Gasteiger partial charge in [0, 0.05) is 61.8 Å². The summed E-state index contributed by atoms with van der Waals surface area (Å²) in [5.41, 5.74) is 3.11. The fourth-order valence-electron chi connectivity index (χ4n) is 3.28. The molecule has 0 unspecified atom stereocenters. The number of benzene rings is 2. The smallest absolute Gasteiger partial charge is 0.426 e. The Labute approximate surface area is 213 Å². The predicted octanol–water partition coefficient (Wildman–Crippen LogP) is 4.49. The predicted molar refractivity (Wildman–Crippen MR) is 139 cm³/mol. The first-order chi connectivity index (χ1) is 17.3. The minimum Gasteiger partial charge on any atom is -0.867 e. The minimum absolute atomic E-state index is 0.470. The largest absolute Gasteiger partial charge is 0.867 e. The van der Waals surface area contributed by atoms with E-state index in [1.807, 2.05) is 38.1 Å². The molecule has 0 fully saturated rings. The van der Waals surface area contributed by atoms with E-state index in [0.29, 0.717) is 36.1 Å². The van der Waals surface area contributed by atoms with Crippen molar-refractivity contribution >= 4 is 30.1 Å². The molecule has 0 saturated heterocycles. The van der Waals surface area contributed by atoms with E-state index in [-0.39, 0.29) is 0 Å². The van der Waals surface area contributed by atoms with Crippen molar-refractivity contribution in [3.05, 3.63) is 46.4 Å². The Morgan fingerprint density at radius 1 is 0.722 bits per heavy atom. The van der Waals surface area contributed by atoms with Gasteiger partial charge in [-0.1, -0.05) is 0 Å². The van der Waals surface area contributed by atoms with Crippen LogP contribution in [0.1, 0.15) is 41.5 Å². The first-order valence-corrected chi connectivity index (χ1v) is 12.0. The van der Waals surface area contributed by atoms with Gasteiger partial charge in [-0.05, 0) is 53.7 Å². The van der Waals surface area contributed by atoms with Gasteiger partial charge in [0.05, 0.1) is 13.2 Å². The van der Waals surface area contributed by atoms with Crippen molar-refractivity contribution in [3.8, 4) is 11.5 Å². The van der Waals surface area contributed by atoms with Gasteiger partial charge in [-0.2, -0.15) is 0 Å². The van der Waals surface area contributed by atoms with Gasteiger partial charge >= 0.3 is 11.4 Å². The first-order valence-electron chi connectivity index (χ1n) is 12.0. The van der Waals surface area contributed by atoms with Crippen molar-refractivity contribution in [3.63, 3.8) is 0 Å². The molecule has 0 aromatic heterocycles. The molecule has 2 aromatic carbocycles. The number of halogens is 1. The first kappa shape index (κ1) is 32.4. The topological polar surface area (TPSA) is 127 Å². The van der Waals surface area contributed by atoms with Crippen molar-refractivity contribution in [1.29, 1.82) is 10.8 Å². The lowest BCUT2D eigenvalue weighted by Crippen LogP contribution is -2.39. The third-order valence-electron chi connectivity index (χ3n) is 4.96. The molecule has 0 saturated carbocycles. The molecule has 0 aliphatic heterocycles. The molecular formula is C24H36BFN6O4. The number of rotatable bonds is 10. The number of ether oxygens (including phenoxy) is 2. The van der Waals surface area contributed by atoms with Gasteiger partial charge in [0.1, 0.15) is 7.40 Å². The summed E-state index contributed by atoms with van der Waals surface area (Å²) in [6.45, 7) is 17.1. The average Bonchev–Trinajstić information content (AvgIpc) is 2.86. The molecule has 0 spiro atoms. The van der Waals surface area contributed by atoms with Crippen LogP contribution in [0.5, 0.6) is 11.5 Å². The molecular weight excluding hydrogens is 466 g/mol. The Bertz CT molecular complexity index is 898. The highest BCUT2D eigenvalue weighted by Crippen LogP contribution is 2.33. The number of hydrogen-bond donors (Lipinski definition) is 0. The number of hydrogen-bond acceptors (Lipinski definition) is 8. The fourth-order valence-corrected chi connectivity index (χ4v) is 3.28. The summed E-state index contributed by atoms with van der Waals surface area (Å²) >= 11 is 0. The molecule has 0 aliphatic rings. The number of anilines is 2. The van der Waals surface area contributed by atoms with E-state index in [1.165, 1.54) is 0 Å². The second-order valence-electron chi connectivity index (χ2n) is 6.99. The second-order valence-corrected chi connectivity index (χ2v) is 6.99. The van der Waals surface area contributed by atoms with Crippen molar-refractivity contribution in [2.24, 2.45) is 0 Å². The monoisotopic (exact) mass is 502 g/mol. The van der Waals surface area contributed by atoms with Crippen LogP contribution < -0.4 is 29.3 Å². The maximum atomic E-state index is 9.89. The molecule has 10 nitrogen and oxygen atoms in total. The van der Waals surface area contributed by atoms with E-state index in [1.54, 1.807) is 12.1 Å². The highest BCUT2D eigenvalue weighted by atomic mass is 19.1. The van der Waals surface area contributed by atoms with Crippen molar-refractivity contribution in [2.75, 3.05) is 49.2 Å². The molecule has 2 rings (SSSR count). The summed E-state index contributed by atoms with van der Waals surface area (Å²) in [7, 11) is -3.17. The van der Waals surface area contributed by atoms with Crippen LogP contribution >= 0.6 is 0 Å². The van der Waals surface area contributed by atoms with Gasteiger partial charge in [-0.25, -0.2) is 0 Å². The van der Waals surface area contributed by atoms with Crippen LogP contribution in [-0.4, -0.2) is 46.8 Å². The lowest BCUT2D eigenvalue weighted by Gasteiger charge is -2.20. The van der Waals surface area contributed by atoms with E-state index in [4.69, 9.17) is 30.3 Å². The van der Waals surface area contributed by atoms with Crippen LogP contribution in [0.2, 0.25) is 0 Å². The lowest BCUT2D eigenvalue weighted by atomic mass is 10.2. The Hall–Kier alpha value is -3.61. The van der Waals surface area contributed by atoms with E-state index in [0.717, 1.165) is 37.6 Å². The molecule has 196 valence electrons. The van der Waals surface area contributed by atoms with Gasteiger partial charge in [-0.3, -0.25) is 0 Å². The Morgan fingerprint density at radius 2 is 1.03 bits per heavy atom. The number of nitrogens with zero attached hydrogens (tertiary/aromatic N) is 6. The van der Waals surface area contributed by atoms with Gasteiger partial charge in [0.25, 0.3) is 0 Å². The highest BCUT2D eigenvalue weighted by molar-refractivity contribution is 6.27. The molecule has 0 radical (unpaired) electrons. The highest BCUT2D eigenvalue weighted by Gasteiger charge is 2.17. The molecule has 0 N–H and O–H groups in total. The van der Waals surface area contributed by atoms with E-state index in [9.17, 15) is 4.32 Å². The third-order valence-corrected chi connectivity index (χ3v) is 4.96. The summed E-state index contributed by atoms with van der Waals surface area (Å²) in [5, 5.41) is 34.3. The van der Waals surface area contributed by atoms with E-state index in [2.05, 4.69) is 47.4 Å². The Balaban J connectivity index is 0.000000593. The molecule has 12 heteroatoms. The molecule has 0 bridgehead atoms. The molecule has 0 aliphatic carbocycles. The summed E-state index contributed by atoms with van der Waals surface area (Å²) in [6.07, 6.45) is 0. The minimum atomic E-state index is -3.17. The average molecular weight is 502 g/mol. The SMILES string of the molecule is CCOc1cc(N(CC)CC)ccc1[N+]#N.CCOc1cc(N(CC)CC)ccc1[N+]#N.[O-]B([O-])F. The van der Waals surface area contributed by atoms with E-state index >= 15 is 0 Å². The molecule has 0 amide bonds. The van der Waals surface area contributed by atoms with Crippen LogP contribution in [0.15, 0.2) is 36.4 Å². The summed E-state index contributed by atoms with van der Waals surface area (Å²) in [5.74, 6) is 1.24. The number of diazo groups is 2. The van der Waals surface area contributed by atoms with Crippen molar-refractivity contribution < 1.29 is 23.8 Å². The fraction of sp³-hybridized carbons (Fsp3) is 0.500. The maximum absolute atomic E-state index is 9.89. The van der Waals surface area contributed by atoms with Gasteiger partial charge in [-0.15, -0.1) is 0 Å². The van der Waals surface area contributed by atoms with E-state index < -0.39 is 7.40 Å². The van der Waals surface area contributed by atoms with Crippen LogP contribution in [0.3, 0.4) is 0 Å². The van der Waals surface area contributed by atoms with Crippen molar-refractivity contribution in [2.45, 2.75) is 41.5 Å². The Kier molecular flexibility index (Phi) is 16.8. The summed E-state index contributed by atoms with van der Waals surface area (Å²) in [6, 6.07) is 11.2. The molecule has 2 aromatic rings. The molecule has 0 heterocycles. The standard InChI is InChI=1S/2C12H18N3O.BFO2/c2*1-4-15(5-2)10-7-8-11(14-13)12(9-10)16-6-3;2-1(3)4/h2*7-9H,4-6H2,1-3H3;/q2*+1;-2. The van der Waals surface area contributed by atoms with Crippen LogP contribution in [-0.2, 0) is 0 Å². The van der Waals surface area contributed by atoms with Crippen molar-refractivity contribution in [1.82, 2.24) is 0 Å². The summed E-state index contributed by atoms with van der Waals surface area (Å²) in [4.78, 5) is 10.8. The van der Waals surface area contributed by atoms with Crippen LogP contribution in [0.4, 0.5) is 27.1 Å². The lowest BCUT2D eigenvalue weighted by molar-refractivity contribution is -0.366. The maximum Gasteiger partial charge on any atom is 0.426 e. The van der Waals surface area contributed by atoms with Crippen LogP contribution in [0.25, 0.3) is 9.95 Å². The normalized spacial score (nSPS) is 9.31. The zero-order chi connectivity index (χ0) is 27.5. The molecule has 36 heavy (non-hydrogen) atoms. The van der Waals surface area contributed by atoms with Gasteiger partial charge in [0.2, 0.25) is 22.3 Å². The second kappa shape index (κ2) is 18.7. The Morgan fingerprint density at radius 3 is 1.25 bits per heavy atom. The third kappa shape index (κ3) is 11.2. The van der Waals surface area contributed by atoms with Gasteiger partial charge < -0.3 is 33.6 Å². The quantitative estimate of drug-likeness (QED) is 0.343. The van der Waals surface area contributed by atoms with Crippen LogP contribution in [0, 0.1) is 10.8 Å². The zero-order valence-corrected chi connectivity index (χ0v) is 22.0. The summed E-state index contributed by atoms with van der Waals surface area (Å²) < 4.78 is 20.7. The van der Waals surface area contributed by atoms with Gasteiger partial charge in [0.15, 0.2) is 9.95 Å².